The predicted molar refractivity (Wildman–Crippen MR) is 97.0 cm³/mol. The van der Waals surface area contributed by atoms with E-state index in [4.69, 9.17) is 20.9 Å². The van der Waals surface area contributed by atoms with Crippen molar-refractivity contribution in [3.63, 3.8) is 0 Å². The van der Waals surface area contributed by atoms with Gasteiger partial charge in [0.2, 0.25) is 5.91 Å². The molecule has 25 heavy (non-hydrogen) atoms. The summed E-state index contributed by atoms with van der Waals surface area (Å²) in [5, 5.41) is 7.42. The average molecular weight is 357 g/mol. The van der Waals surface area contributed by atoms with E-state index in [0.29, 0.717) is 22.2 Å². The molecule has 128 valence electrons. The number of methoxy groups -OCH3 is 1. The van der Waals surface area contributed by atoms with Crippen LogP contribution in [0.4, 0.5) is 5.69 Å². The number of halogens is 1. The van der Waals surface area contributed by atoms with Gasteiger partial charge in [0.1, 0.15) is 5.75 Å². The van der Waals surface area contributed by atoms with E-state index < -0.39 is 0 Å². The van der Waals surface area contributed by atoms with Crippen LogP contribution in [0.25, 0.3) is 11.3 Å². The van der Waals surface area contributed by atoms with Gasteiger partial charge in [-0.2, -0.15) is 0 Å². The lowest BCUT2D eigenvalue weighted by molar-refractivity contribution is -0.115. The molecule has 0 aliphatic heterocycles. The molecule has 0 aliphatic rings. The van der Waals surface area contributed by atoms with Crippen LogP contribution in [0.5, 0.6) is 5.75 Å². The molecule has 0 saturated heterocycles. The van der Waals surface area contributed by atoms with Gasteiger partial charge in [0, 0.05) is 22.3 Å². The molecule has 1 amide bonds. The lowest BCUT2D eigenvalue weighted by Crippen LogP contribution is -2.15. The first-order valence-electron chi connectivity index (χ1n) is 7.72. The van der Waals surface area contributed by atoms with Crippen molar-refractivity contribution in [2.75, 3.05) is 12.4 Å². The molecule has 6 heteroatoms. The minimum atomic E-state index is -0.184. The molecule has 5 nitrogen and oxygen atoms in total. The fraction of sp³-hybridized carbons (Fsp3) is 0.158. The maximum absolute atomic E-state index is 12.2. The average Bonchev–Trinajstić information content (AvgIpc) is 3.07. The van der Waals surface area contributed by atoms with Gasteiger partial charge in [-0.25, -0.2) is 0 Å². The van der Waals surface area contributed by atoms with E-state index in [1.807, 2.05) is 37.3 Å². The van der Waals surface area contributed by atoms with Crippen molar-refractivity contribution >= 4 is 23.2 Å². The van der Waals surface area contributed by atoms with Crippen LogP contribution >= 0.6 is 11.6 Å². The van der Waals surface area contributed by atoms with E-state index in [-0.39, 0.29) is 12.3 Å². The number of nitrogens with zero attached hydrogens (tertiary/aromatic N) is 1. The molecule has 0 bridgehead atoms. The minimum absolute atomic E-state index is 0.111. The fourth-order valence-electron chi connectivity index (χ4n) is 2.41. The van der Waals surface area contributed by atoms with Crippen molar-refractivity contribution in [1.29, 1.82) is 0 Å². The Morgan fingerprint density at radius 3 is 2.84 bits per heavy atom. The third-order valence-electron chi connectivity index (χ3n) is 3.80. The molecule has 0 fully saturated rings. The van der Waals surface area contributed by atoms with Crippen LogP contribution < -0.4 is 10.1 Å². The molecule has 0 radical (unpaired) electrons. The molecule has 0 atom stereocenters. The zero-order chi connectivity index (χ0) is 17.8. The summed E-state index contributed by atoms with van der Waals surface area (Å²) >= 11 is 6.06. The van der Waals surface area contributed by atoms with Crippen molar-refractivity contribution in [3.8, 4) is 17.1 Å². The van der Waals surface area contributed by atoms with E-state index in [1.165, 1.54) is 0 Å². The summed E-state index contributed by atoms with van der Waals surface area (Å²) in [4.78, 5) is 12.2. The van der Waals surface area contributed by atoms with Gasteiger partial charge in [0.25, 0.3) is 0 Å². The highest BCUT2D eigenvalue weighted by atomic mass is 35.5. The Hall–Kier alpha value is -2.79. The van der Waals surface area contributed by atoms with E-state index in [1.54, 1.807) is 25.3 Å². The molecular formula is C19H17ClN2O3. The summed E-state index contributed by atoms with van der Waals surface area (Å²) in [6, 6.07) is 14.6. The summed E-state index contributed by atoms with van der Waals surface area (Å²) < 4.78 is 10.5. The van der Waals surface area contributed by atoms with Crippen molar-refractivity contribution in [2.45, 2.75) is 13.3 Å². The van der Waals surface area contributed by atoms with Crippen LogP contribution in [0.2, 0.25) is 5.02 Å². The lowest BCUT2D eigenvalue weighted by Gasteiger charge is -2.08. The monoisotopic (exact) mass is 356 g/mol. The van der Waals surface area contributed by atoms with Crippen molar-refractivity contribution in [2.24, 2.45) is 0 Å². The maximum Gasteiger partial charge on any atom is 0.230 e. The molecule has 2 aromatic carbocycles. The van der Waals surface area contributed by atoms with Crippen LogP contribution in [0.3, 0.4) is 0 Å². The minimum Gasteiger partial charge on any atom is -0.497 e. The van der Waals surface area contributed by atoms with E-state index in [2.05, 4.69) is 10.5 Å². The maximum atomic E-state index is 12.2. The Bertz CT molecular complexity index is 905. The van der Waals surface area contributed by atoms with Gasteiger partial charge in [-0.1, -0.05) is 35.0 Å². The second-order valence-electron chi connectivity index (χ2n) is 5.55. The summed E-state index contributed by atoms with van der Waals surface area (Å²) in [7, 11) is 1.60. The Labute approximate surface area is 150 Å². The van der Waals surface area contributed by atoms with Gasteiger partial charge in [0.15, 0.2) is 5.76 Å². The number of hydrogen-bond donors (Lipinski definition) is 1. The zero-order valence-corrected chi connectivity index (χ0v) is 14.6. The molecule has 1 N–H and O–H groups in total. The number of aromatic nitrogens is 1. The third kappa shape index (κ3) is 4.00. The van der Waals surface area contributed by atoms with Gasteiger partial charge in [0.05, 0.1) is 19.2 Å². The Balaban J connectivity index is 1.70. The lowest BCUT2D eigenvalue weighted by atomic mass is 10.1. The summed E-state index contributed by atoms with van der Waals surface area (Å²) in [6.07, 6.45) is 0.111. The number of benzene rings is 2. The molecule has 0 saturated carbocycles. The van der Waals surface area contributed by atoms with Crippen molar-refractivity contribution < 1.29 is 14.1 Å². The van der Waals surface area contributed by atoms with Crippen molar-refractivity contribution in [1.82, 2.24) is 5.16 Å². The first-order valence-corrected chi connectivity index (χ1v) is 8.09. The number of amides is 1. The third-order valence-corrected chi connectivity index (χ3v) is 4.21. The summed E-state index contributed by atoms with van der Waals surface area (Å²) in [5.41, 5.74) is 2.91. The topological polar surface area (TPSA) is 64.4 Å². The smallest absolute Gasteiger partial charge is 0.230 e. The Morgan fingerprint density at radius 1 is 1.24 bits per heavy atom. The number of ether oxygens (including phenoxy) is 1. The predicted octanol–water partition coefficient (Wildman–Crippen LogP) is 4.49. The van der Waals surface area contributed by atoms with E-state index in [9.17, 15) is 4.79 Å². The Morgan fingerprint density at radius 2 is 2.04 bits per heavy atom. The standard InChI is InChI=1S/C19H17ClN2O3/c1-12-16(20)7-4-8-17(12)21-19(23)11-14-10-18(25-22-14)13-5-3-6-15(9-13)24-2/h3-10H,11H2,1-2H3,(H,21,23). The normalized spacial score (nSPS) is 10.5. The quantitative estimate of drug-likeness (QED) is 0.731. The molecule has 3 rings (SSSR count). The van der Waals surface area contributed by atoms with Gasteiger partial charge < -0.3 is 14.6 Å². The fourth-order valence-corrected chi connectivity index (χ4v) is 2.58. The second-order valence-corrected chi connectivity index (χ2v) is 5.96. The van der Waals surface area contributed by atoms with Crippen LogP contribution in [0.1, 0.15) is 11.3 Å². The summed E-state index contributed by atoms with van der Waals surface area (Å²) in [6.45, 7) is 1.86. The van der Waals surface area contributed by atoms with Gasteiger partial charge in [-0.05, 0) is 36.8 Å². The Kier molecular flexibility index (Phi) is 5.05. The number of nitrogens with one attached hydrogen (secondary N) is 1. The van der Waals surface area contributed by atoms with Crippen LogP contribution in [-0.2, 0) is 11.2 Å². The highest BCUT2D eigenvalue weighted by molar-refractivity contribution is 6.31. The highest BCUT2D eigenvalue weighted by Gasteiger charge is 2.12. The zero-order valence-electron chi connectivity index (χ0n) is 13.9. The molecular weight excluding hydrogens is 340 g/mol. The molecule has 0 unspecified atom stereocenters. The first-order chi connectivity index (χ1) is 12.1. The first kappa shape index (κ1) is 17.0. The largest absolute Gasteiger partial charge is 0.497 e. The van der Waals surface area contributed by atoms with Gasteiger partial charge in [-0.3, -0.25) is 4.79 Å². The molecule has 1 heterocycles. The van der Waals surface area contributed by atoms with Crippen LogP contribution in [0.15, 0.2) is 53.1 Å². The molecule has 3 aromatic rings. The number of anilines is 1. The van der Waals surface area contributed by atoms with Gasteiger partial charge in [-0.15, -0.1) is 0 Å². The number of carbonyl (C=O) groups excluding carboxylic acids is 1. The van der Waals surface area contributed by atoms with Crippen LogP contribution in [-0.4, -0.2) is 18.2 Å². The summed E-state index contributed by atoms with van der Waals surface area (Å²) in [5.74, 6) is 1.13. The SMILES string of the molecule is COc1cccc(-c2cc(CC(=O)Nc3cccc(Cl)c3C)no2)c1. The van der Waals surface area contributed by atoms with Crippen LogP contribution in [0, 0.1) is 6.92 Å². The molecule has 0 aliphatic carbocycles. The molecule has 0 spiro atoms. The van der Waals surface area contributed by atoms with Crippen molar-refractivity contribution in [3.05, 3.63) is 64.8 Å². The van der Waals surface area contributed by atoms with Gasteiger partial charge >= 0.3 is 0 Å². The van der Waals surface area contributed by atoms with E-state index >= 15 is 0 Å². The number of carbonyl (C=O) groups is 1. The highest BCUT2D eigenvalue weighted by Crippen LogP contribution is 2.25. The van der Waals surface area contributed by atoms with E-state index in [0.717, 1.165) is 16.9 Å². The number of hydrogen-bond acceptors (Lipinski definition) is 4. The number of rotatable bonds is 5. The molecule has 1 aromatic heterocycles. The second kappa shape index (κ2) is 7.40.